The lowest BCUT2D eigenvalue weighted by atomic mass is 9.76. The van der Waals surface area contributed by atoms with E-state index in [0.29, 0.717) is 18.9 Å². The van der Waals surface area contributed by atoms with Crippen LogP contribution in [0.25, 0.3) is 0 Å². The molecule has 0 spiro atoms. The van der Waals surface area contributed by atoms with Crippen LogP contribution in [0, 0.1) is 5.41 Å². The van der Waals surface area contributed by atoms with Gasteiger partial charge in [0, 0.05) is 20.1 Å². The summed E-state index contributed by atoms with van der Waals surface area (Å²) in [5.41, 5.74) is -0.654. The molecule has 18 heavy (non-hydrogen) atoms. The number of anilines is 1. The Morgan fingerprint density at radius 1 is 1.56 bits per heavy atom. The Labute approximate surface area is 106 Å². The quantitative estimate of drug-likeness (QED) is 0.849. The van der Waals surface area contributed by atoms with Crippen molar-refractivity contribution in [3.8, 4) is 0 Å². The first-order valence-corrected chi connectivity index (χ1v) is 6.30. The number of carboxylic acid groups (broad SMARTS) is 1. The van der Waals surface area contributed by atoms with E-state index in [9.17, 15) is 9.90 Å². The fraction of sp³-hybridized carbons (Fsp3) is 0.818. The molecule has 1 saturated heterocycles. The van der Waals surface area contributed by atoms with Crippen LogP contribution in [0.3, 0.4) is 0 Å². The Kier molecular flexibility index (Phi) is 3.49. The lowest BCUT2D eigenvalue weighted by molar-refractivity contribution is -0.150. The zero-order valence-corrected chi connectivity index (χ0v) is 10.8. The van der Waals surface area contributed by atoms with Gasteiger partial charge in [-0.25, -0.2) is 4.68 Å². The maximum absolute atomic E-state index is 11.6. The summed E-state index contributed by atoms with van der Waals surface area (Å²) in [7, 11) is 1.77. The maximum atomic E-state index is 11.6. The average Bonchev–Trinajstić information content (AvgIpc) is 2.76. The number of aliphatic carboxylic acids is 1. The van der Waals surface area contributed by atoms with Crippen LogP contribution in [0.5, 0.6) is 0 Å². The Morgan fingerprint density at radius 3 is 2.89 bits per heavy atom. The molecule has 0 saturated carbocycles. The smallest absolute Gasteiger partial charge is 0.311 e. The van der Waals surface area contributed by atoms with Crippen LogP contribution in [0.4, 0.5) is 5.95 Å². The summed E-state index contributed by atoms with van der Waals surface area (Å²) in [6.07, 6.45) is 3.17. The van der Waals surface area contributed by atoms with Gasteiger partial charge < -0.3 is 10.0 Å². The largest absolute Gasteiger partial charge is 0.481 e. The molecule has 1 aliphatic rings. The SMILES string of the molecule is CCCC1(C(=O)O)CCCN(c2nnnn2C)C1. The fourth-order valence-electron chi connectivity index (χ4n) is 2.76. The number of aromatic nitrogens is 4. The van der Waals surface area contributed by atoms with E-state index in [2.05, 4.69) is 15.5 Å². The number of hydrogen-bond acceptors (Lipinski definition) is 5. The number of rotatable bonds is 4. The van der Waals surface area contributed by atoms with Gasteiger partial charge in [-0.05, 0) is 29.7 Å². The van der Waals surface area contributed by atoms with E-state index in [1.807, 2.05) is 11.8 Å². The molecule has 0 aromatic carbocycles. The first kappa shape index (κ1) is 12.8. The van der Waals surface area contributed by atoms with Crippen molar-refractivity contribution in [1.29, 1.82) is 0 Å². The number of piperidine rings is 1. The third-order valence-electron chi connectivity index (χ3n) is 3.64. The van der Waals surface area contributed by atoms with Crippen LogP contribution in [0.15, 0.2) is 0 Å². The molecule has 100 valence electrons. The predicted molar refractivity (Wildman–Crippen MR) is 65.2 cm³/mol. The van der Waals surface area contributed by atoms with Crippen LogP contribution in [-0.2, 0) is 11.8 Å². The molecule has 7 nitrogen and oxygen atoms in total. The minimum atomic E-state index is -0.704. The second kappa shape index (κ2) is 4.91. The maximum Gasteiger partial charge on any atom is 0.311 e. The minimum absolute atomic E-state index is 0.490. The summed E-state index contributed by atoms with van der Waals surface area (Å²) in [5.74, 6) is -0.0550. The monoisotopic (exact) mass is 253 g/mol. The molecular weight excluding hydrogens is 234 g/mol. The summed E-state index contributed by atoms with van der Waals surface area (Å²) in [6, 6.07) is 0. The Bertz CT molecular complexity index is 429. The standard InChI is InChI=1S/C11H19N5O2/c1-3-5-11(9(17)18)6-4-7-16(8-11)10-12-13-14-15(10)2/h3-8H2,1-2H3,(H,17,18). The number of nitrogens with zero attached hydrogens (tertiary/aromatic N) is 5. The van der Waals surface area contributed by atoms with E-state index in [1.165, 1.54) is 0 Å². The minimum Gasteiger partial charge on any atom is -0.481 e. The van der Waals surface area contributed by atoms with Gasteiger partial charge in [-0.1, -0.05) is 18.4 Å². The van der Waals surface area contributed by atoms with Crippen molar-refractivity contribution in [2.75, 3.05) is 18.0 Å². The van der Waals surface area contributed by atoms with Gasteiger partial charge in [-0.15, -0.1) is 0 Å². The van der Waals surface area contributed by atoms with Crippen molar-refractivity contribution in [2.24, 2.45) is 12.5 Å². The average molecular weight is 253 g/mol. The highest BCUT2D eigenvalue weighted by atomic mass is 16.4. The van der Waals surface area contributed by atoms with Gasteiger partial charge in [-0.3, -0.25) is 4.79 Å². The number of carbonyl (C=O) groups is 1. The molecule has 7 heteroatoms. The number of tetrazole rings is 1. The Balaban J connectivity index is 2.21. The molecule has 1 atom stereocenters. The molecule has 1 aliphatic heterocycles. The highest BCUT2D eigenvalue weighted by molar-refractivity contribution is 5.75. The molecule has 1 aromatic rings. The molecule has 1 unspecified atom stereocenters. The van der Waals surface area contributed by atoms with E-state index in [1.54, 1.807) is 11.7 Å². The van der Waals surface area contributed by atoms with Gasteiger partial charge in [0.2, 0.25) is 5.95 Å². The molecule has 1 aromatic heterocycles. The van der Waals surface area contributed by atoms with Crippen molar-refractivity contribution in [3.63, 3.8) is 0 Å². The number of aryl methyl sites for hydroxylation is 1. The van der Waals surface area contributed by atoms with Crippen LogP contribution < -0.4 is 4.90 Å². The lowest BCUT2D eigenvalue weighted by Crippen LogP contribution is -2.48. The third-order valence-corrected chi connectivity index (χ3v) is 3.64. The summed E-state index contributed by atoms with van der Waals surface area (Å²) in [4.78, 5) is 13.6. The predicted octanol–water partition coefficient (Wildman–Crippen LogP) is 0.681. The zero-order valence-electron chi connectivity index (χ0n) is 10.8. The highest BCUT2D eigenvalue weighted by Gasteiger charge is 2.42. The number of hydrogen-bond donors (Lipinski definition) is 1. The summed E-state index contributed by atoms with van der Waals surface area (Å²) in [5, 5.41) is 20.9. The van der Waals surface area contributed by atoms with Crippen molar-refractivity contribution < 1.29 is 9.90 Å². The van der Waals surface area contributed by atoms with Gasteiger partial charge in [0.05, 0.1) is 5.41 Å². The molecule has 0 radical (unpaired) electrons. The van der Waals surface area contributed by atoms with Gasteiger partial charge in [0.15, 0.2) is 0 Å². The second-order valence-electron chi connectivity index (χ2n) is 4.96. The molecular formula is C11H19N5O2. The normalized spacial score (nSPS) is 24.2. The van der Waals surface area contributed by atoms with Gasteiger partial charge >= 0.3 is 5.97 Å². The van der Waals surface area contributed by atoms with Crippen LogP contribution >= 0.6 is 0 Å². The van der Waals surface area contributed by atoms with Crippen LogP contribution in [0.2, 0.25) is 0 Å². The molecule has 1 N–H and O–H groups in total. The van der Waals surface area contributed by atoms with E-state index < -0.39 is 11.4 Å². The van der Waals surface area contributed by atoms with Crippen molar-refractivity contribution in [1.82, 2.24) is 20.2 Å². The third kappa shape index (κ3) is 2.16. The molecule has 2 heterocycles. The summed E-state index contributed by atoms with van der Waals surface area (Å²) >= 11 is 0. The van der Waals surface area contributed by atoms with E-state index in [0.717, 1.165) is 25.8 Å². The Morgan fingerprint density at radius 2 is 2.33 bits per heavy atom. The second-order valence-corrected chi connectivity index (χ2v) is 4.96. The number of carboxylic acids is 1. The van der Waals surface area contributed by atoms with Crippen molar-refractivity contribution >= 4 is 11.9 Å². The topological polar surface area (TPSA) is 84.1 Å². The molecule has 2 rings (SSSR count). The van der Waals surface area contributed by atoms with Crippen molar-refractivity contribution in [2.45, 2.75) is 32.6 Å². The van der Waals surface area contributed by atoms with E-state index in [4.69, 9.17) is 0 Å². The molecule has 0 bridgehead atoms. The molecule has 0 aliphatic carbocycles. The molecule has 1 fully saturated rings. The highest BCUT2D eigenvalue weighted by Crippen LogP contribution is 2.36. The molecule has 0 amide bonds. The van der Waals surface area contributed by atoms with E-state index >= 15 is 0 Å². The first-order chi connectivity index (χ1) is 8.59. The summed E-state index contributed by atoms with van der Waals surface area (Å²) < 4.78 is 1.59. The fourth-order valence-corrected chi connectivity index (χ4v) is 2.76. The van der Waals surface area contributed by atoms with Gasteiger partial charge in [-0.2, -0.15) is 0 Å². The zero-order chi connectivity index (χ0) is 13.2. The van der Waals surface area contributed by atoms with Crippen LogP contribution in [0.1, 0.15) is 32.6 Å². The van der Waals surface area contributed by atoms with Crippen LogP contribution in [-0.4, -0.2) is 44.4 Å². The van der Waals surface area contributed by atoms with E-state index in [-0.39, 0.29) is 0 Å². The van der Waals surface area contributed by atoms with Gasteiger partial charge in [0.1, 0.15) is 0 Å². The van der Waals surface area contributed by atoms with Gasteiger partial charge in [0.25, 0.3) is 0 Å². The first-order valence-electron chi connectivity index (χ1n) is 6.30. The Hall–Kier alpha value is -1.66. The van der Waals surface area contributed by atoms with Crippen molar-refractivity contribution in [3.05, 3.63) is 0 Å². The lowest BCUT2D eigenvalue weighted by Gasteiger charge is -2.39. The summed E-state index contributed by atoms with van der Waals surface area (Å²) in [6.45, 7) is 3.32.